The summed E-state index contributed by atoms with van der Waals surface area (Å²) in [5.41, 5.74) is -0.917. The van der Waals surface area contributed by atoms with E-state index in [0.717, 1.165) is 12.8 Å². The highest BCUT2D eigenvalue weighted by Gasteiger charge is 2.28. The number of quaternary nitrogens is 1. The predicted molar refractivity (Wildman–Crippen MR) is 96.5 cm³/mol. The molecular weight excluding hydrogens is 314 g/mol. The Kier molecular flexibility index (Phi) is 14.3. The van der Waals surface area contributed by atoms with Crippen LogP contribution in [-0.2, 0) is 14.6 Å². The maximum atomic E-state index is 10.7. The maximum Gasteiger partial charge on any atom is 0.218 e. The van der Waals surface area contributed by atoms with Gasteiger partial charge >= 0.3 is 0 Å². The second kappa shape index (κ2) is 13.2. The zero-order valence-corrected chi connectivity index (χ0v) is 16.7. The minimum Gasteiger partial charge on any atom is -0.726 e. The Balaban J connectivity index is 0. The second-order valence-corrected chi connectivity index (χ2v) is 7.95. The summed E-state index contributed by atoms with van der Waals surface area (Å²) in [6, 6.07) is 0. The summed E-state index contributed by atoms with van der Waals surface area (Å²) in [6.45, 7) is 7.52. The van der Waals surface area contributed by atoms with Gasteiger partial charge in [-0.25, -0.2) is 8.42 Å². The van der Waals surface area contributed by atoms with Crippen molar-refractivity contribution < 1.29 is 17.2 Å². The Hall–Kier alpha value is -0.170. The summed E-state index contributed by atoms with van der Waals surface area (Å²) in [4.78, 5) is 0. The van der Waals surface area contributed by atoms with Gasteiger partial charge in [0.25, 0.3) is 0 Å². The summed E-state index contributed by atoms with van der Waals surface area (Å²) < 4.78 is 36.8. The Morgan fingerprint density at radius 3 is 1.70 bits per heavy atom. The largest absolute Gasteiger partial charge is 0.726 e. The minimum atomic E-state index is -4.63. The molecule has 4 N–H and O–H groups in total. The monoisotopic (exact) mass is 353 g/mol. The third kappa shape index (κ3) is 15.1. The Labute approximate surface area is 144 Å². The van der Waals surface area contributed by atoms with Crippen molar-refractivity contribution >= 4 is 10.4 Å². The lowest BCUT2D eigenvalue weighted by Gasteiger charge is -2.32. The fourth-order valence-corrected chi connectivity index (χ4v) is 3.32. The van der Waals surface area contributed by atoms with Crippen LogP contribution >= 0.6 is 0 Å². The molecule has 0 aliphatic carbocycles. The SMILES string of the molecule is CCCCCCCCCCCCC(C)C(C)(C)OS(=O)(=O)[O-].[NH4+]. The van der Waals surface area contributed by atoms with Gasteiger partial charge in [0.1, 0.15) is 0 Å². The molecule has 0 spiro atoms. The Morgan fingerprint density at radius 1 is 0.913 bits per heavy atom. The third-order valence-electron chi connectivity index (χ3n) is 4.49. The van der Waals surface area contributed by atoms with Crippen LogP contribution in [0.15, 0.2) is 0 Å². The first-order valence-corrected chi connectivity index (χ1v) is 10.2. The zero-order chi connectivity index (χ0) is 17.1. The van der Waals surface area contributed by atoms with Gasteiger partial charge in [-0.1, -0.05) is 78.1 Å². The van der Waals surface area contributed by atoms with E-state index in [9.17, 15) is 13.0 Å². The molecule has 0 radical (unpaired) electrons. The Morgan fingerprint density at radius 2 is 1.30 bits per heavy atom. The van der Waals surface area contributed by atoms with Crippen LogP contribution in [0.3, 0.4) is 0 Å². The van der Waals surface area contributed by atoms with Gasteiger partial charge in [0.05, 0.1) is 5.60 Å². The lowest BCUT2D eigenvalue weighted by atomic mass is 9.88. The van der Waals surface area contributed by atoms with Crippen LogP contribution < -0.4 is 6.15 Å². The molecule has 23 heavy (non-hydrogen) atoms. The van der Waals surface area contributed by atoms with Gasteiger partial charge in [0, 0.05) is 0 Å². The van der Waals surface area contributed by atoms with Gasteiger partial charge in [-0.15, -0.1) is 0 Å². The van der Waals surface area contributed by atoms with E-state index in [2.05, 4.69) is 11.1 Å². The van der Waals surface area contributed by atoms with E-state index < -0.39 is 16.0 Å². The van der Waals surface area contributed by atoms with Crippen LogP contribution in [0, 0.1) is 5.92 Å². The van der Waals surface area contributed by atoms with Crippen LogP contribution in [-0.4, -0.2) is 18.6 Å². The normalized spacial score (nSPS) is 13.6. The predicted octanol–water partition coefficient (Wildman–Crippen LogP) is 5.57. The van der Waals surface area contributed by atoms with Crippen molar-refractivity contribution in [3.8, 4) is 0 Å². The molecule has 0 fully saturated rings. The van der Waals surface area contributed by atoms with Crippen molar-refractivity contribution in [1.82, 2.24) is 6.15 Å². The highest BCUT2D eigenvalue weighted by molar-refractivity contribution is 7.80. The molecule has 142 valence electrons. The van der Waals surface area contributed by atoms with E-state index in [4.69, 9.17) is 0 Å². The average molecular weight is 354 g/mol. The smallest absolute Gasteiger partial charge is 0.218 e. The lowest BCUT2D eigenvalue weighted by molar-refractivity contribution is 0.0400. The molecule has 0 heterocycles. The maximum absolute atomic E-state index is 10.7. The summed E-state index contributed by atoms with van der Waals surface area (Å²) >= 11 is 0. The van der Waals surface area contributed by atoms with E-state index >= 15 is 0 Å². The lowest BCUT2D eigenvalue weighted by Crippen LogP contribution is -2.35. The molecule has 5 nitrogen and oxygen atoms in total. The fourth-order valence-electron chi connectivity index (χ4n) is 2.63. The van der Waals surface area contributed by atoms with E-state index in [-0.39, 0.29) is 12.1 Å². The van der Waals surface area contributed by atoms with E-state index in [1.165, 1.54) is 57.8 Å². The molecule has 0 aromatic carbocycles. The van der Waals surface area contributed by atoms with Crippen LogP contribution in [0.2, 0.25) is 0 Å². The molecule has 6 heteroatoms. The van der Waals surface area contributed by atoms with E-state index in [1.54, 1.807) is 13.8 Å². The number of rotatable bonds is 14. The highest BCUT2D eigenvalue weighted by Crippen LogP contribution is 2.27. The summed E-state index contributed by atoms with van der Waals surface area (Å²) in [5.74, 6) is 0.0465. The molecular formula is C17H39NO4S. The molecule has 1 atom stereocenters. The van der Waals surface area contributed by atoms with Crippen LogP contribution in [0.5, 0.6) is 0 Å². The topological polar surface area (TPSA) is 103 Å². The molecule has 0 saturated heterocycles. The van der Waals surface area contributed by atoms with Crippen molar-refractivity contribution in [2.24, 2.45) is 5.92 Å². The van der Waals surface area contributed by atoms with Crippen molar-refractivity contribution in [2.45, 2.75) is 104 Å². The molecule has 0 aliphatic rings. The standard InChI is InChI=1S/C17H36O4S.H3N/c1-5-6-7-8-9-10-11-12-13-14-15-16(2)17(3,4)21-22(18,19)20;/h16H,5-15H2,1-4H3,(H,18,19,20);1H3. The van der Waals surface area contributed by atoms with E-state index in [0.29, 0.717) is 0 Å². The van der Waals surface area contributed by atoms with Gasteiger partial charge in [0.15, 0.2) is 0 Å². The quantitative estimate of drug-likeness (QED) is 0.250. The first-order valence-electron chi connectivity index (χ1n) is 8.85. The fraction of sp³-hybridized carbons (Fsp3) is 1.00. The third-order valence-corrected chi connectivity index (χ3v) is 5.13. The first-order chi connectivity index (χ1) is 10.2. The van der Waals surface area contributed by atoms with Crippen LogP contribution in [0.1, 0.15) is 98.3 Å². The number of hydrogen-bond donors (Lipinski definition) is 1. The minimum absolute atomic E-state index is 0. The van der Waals surface area contributed by atoms with Gasteiger partial charge in [0.2, 0.25) is 10.4 Å². The molecule has 0 amide bonds. The van der Waals surface area contributed by atoms with Crippen molar-refractivity contribution in [2.75, 3.05) is 0 Å². The number of hydrogen-bond acceptors (Lipinski definition) is 4. The Bertz CT molecular complexity index is 369. The van der Waals surface area contributed by atoms with Crippen molar-refractivity contribution in [3.05, 3.63) is 0 Å². The van der Waals surface area contributed by atoms with E-state index in [1.807, 2.05) is 6.92 Å². The summed E-state index contributed by atoms with van der Waals surface area (Å²) in [5, 5.41) is 0. The van der Waals surface area contributed by atoms with Gasteiger partial charge in [-0.05, 0) is 26.2 Å². The van der Waals surface area contributed by atoms with Crippen molar-refractivity contribution in [1.29, 1.82) is 0 Å². The molecule has 0 aromatic rings. The molecule has 0 saturated carbocycles. The highest BCUT2D eigenvalue weighted by atomic mass is 32.3. The van der Waals surface area contributed by atoms with Crippen LogP contribution in [0.25, 0.3) is 0 Å². The molecule has 0 bridgehead atoms. The number of unbranched alkanes of at least 4 members (excludes halogenated alkanes) is 9. The molecule has 0 aromatic heterocycles. The summed E-state index contributed by atoms with van der Waals surface area (Å²) in [7, 11) is -4.63. The average Bonchev–Trinajstić information content (AvgIpc) is 2.38. The van der Waals surface area contributed by atoms with Gasteiger partial charge in [-0.3, -0.25) is 4.18 Å². The molecule has 0 aliphatic heterocycles. The zero-order valence-electron chi connectivity index (χ0n) is 15.9. The van der Waals surface area contributed by atoms with Gasteiger partial charge in [-0.2, -0.15) is 0 Å². The van der Waals surface area contributed by atoms with Crippen LogP contribution in [0.4, 0.5) is 0 Å². The molecule has 0 rings (SSSR count). The first kappa shape index (κ1) is 25.1. The second-order valence-electron chi connectivity index (χ2n) is 6.97. The molecule has 1 unspecified atom stereocenters. The summed E-state index contributed by atoms with van der Waals surface area (Å²) in [6.07, 6.45) is 13.7. The van der Waals surface area contributed by atoms with Gasteiger partial charge < -0.3 is 10.7 Å². The van der Waals surface area contributed by atoms with Crippen molar-refractivity contribution in [3.63, 3.8) is 0 Å².